The molecule has 0 aliphatic rings. The molecule has 16 aromatic rings. The largest absolute Gasteiger partial charge is 0.289 e. The molecule has 0 spiro atoms. The normalized spacial score (nSPS) is 10.8. The first kappa shape index (κ1) is 105. The lowest BCUT2D eigenvalue weighted by Crippen LogP contribution is -2.01. The zero-order valence-electron chi connectivity index (χ0n) is 67.5. The highest BCUT2D eigenvalue weighted by atomic mass is 127. The topological polar surface area (TPSA) is 205 Å². The summed E-state index contributed by atoms with van der Waals surface area (Å²) in [6, 6.07) is 96.2. The van der Waals surface area contributed by atoms with Crippen LogP contribution in [0.15, 0.2) is 436 Å². The van der Waals surface area contributed by atoms with Gasteiger partial charge in [0.25, 0.3) is 0 Å². The van der Waals surface area contributed by atoms with E-state index in [1.165, 1.54) is 170 Å². The molecule has 0 saturated heterocycles. The number of hydrogen-bond donors (Lipinski definition) is 0. The van der Waals surface area contributed by atoms with Crippen LogP contribution in [0.1, 0.15) is 63.7 Å². The molecule has 0 aromatic heterocycles. The van der Waals surface area contributed by atoms with Crippen molar-refractivity contribution in [3.05, 3.63) is 514 Å². The van der Waals surface area contributed by atoms with Gasteiger partial charge in [0, 0.05) is 90.7 Å². The molecule has 0 amide bonds. The van der Waals surface area contributed by atoms with Crippen LogP contribution in [-0.2, 0) is 39.3 Å². The van der Waals surface area contributed by atoms with Crippen LogP contribution in [-0.4, -0.2) is 56.8 Å². The van der Waals surface area contributed by atoms with Gasteiger partial charge in [-0.25, -0.2) is 60.0 Å². The van der Waals surface area contributed by atoms with Crippen LogP contribution in [0.2, 0.25) is 30.1 Å². The summed E-state index contributed by atoms with van der Waals surface area (Å²) in [5.41, 5.74) is 4.44. The minimum absolute atomic E-state index is 0.0340. The molecule has 0 atom stereocenters. The Kier molecular flexibility index (Phi) is 40.1. The molecule has 0 aliphatic carbocycles. The van der Waals surface area contributed by atoms with Crippen molar-refractivity contribution in [2.75, 3.05) is 0 Å². The Morgan fingerprint density at radius 2 is 0.288 bits per heavy atom. The maximum Gasteiger partial charge on any atom is 0.206 e. The van der Waals surface area contributed by atoms with E-state index in [4.69, 9.17) is 69.6 Å². The number of carbonyl (C=O) groups is 4. The molecule has 16 aromatic carbocycles. The maximum absolute atomic E-state index is 12.7. The van der Waals surface area contributed by atoms with E-state index in [2.05, 4.69) is 77.0 Å². The highest BCUT2D eigenvalue weighted by Crippen LogP contribution is 2.29. The summed E-state index contributed by atoms with van der Waals surface area (Å²) in [6.07, 6.45) is 0. The molecule has 0 bridgehead atoms. The van der Waals surface area contributed by atoms with Crippen LogP contribution in [0, 0.1) is 42.0 Å². The number of ketones is 4. The molecular formula is C100H64Br2Cl6F6I2O12S4. The van der Waals surface area contributed by atoms with Crippen LogP contribution >= 0.6 is 147 Å². The molecule has 0 aliphatic heterocycles. The lowest BCUT2D eigenvalue weighted by Gasteiger charge is -2.04. The van der Waals surface area contributed by atoms with Gasteiger partial charge in [-0.05, 0) is 433 Å². The Bertz CT molecular complexity index is 5830. The average Bonchev–Trinajstić information content (AvgIpc) is 0.812. The third kappa shape index (κ3) is 32.0. The predicted molar refractivity (Wildman–Crippen MR) is 529 cm³/mol. The van der Waals surface area contributed by atoms with Gasteiger partial charge >= 0.3 is 0 Å². The zero-order valence-corrected chi connectivity index (χ0v) is 82.8. The monoisotopic (exact) mass is 2320 g/mol. The summed E-state index contributed by atoms with van der Waals surface area (Å²) in [4.78, 5) is 49.0. The van der Waals surface area contributed by atoms with Gasteiger partial charge in [0.05, 0.1) is 39.2 Å². The lowest BCUT2D eigenvalue weighted by molar-refractivity contribution is 0.103. The second kappa shape index (κ2) is 50.2. The van der Waals surface area contributed by atoms with Gasteiger partial charge in [-0.15, -0.1) is 0 Å². The fourth-order valence-corrected chi connectivity index (χ4v) is 18.0. The fraction of sp³-hybridized carbons (Fsp3) is 0. The van der Waals surface area contributed by atoms with Crippen molar-refractivity contribution in [2.45, 2.75) is 39.2 Å². The van der Waals surface area contributed by atoms with Crippen LogP contribution in [0.5, 0.6) is 0 Å². The second-order valence-electron chi connectivity index (χ2n) is 27.0. The third-order valence-corrected chi connectivity index (χ3v) is 29.0. The van der Waals surface area contributed by atoms with Gasteiger partial charge in [-0.1, -0.05) is 101 Å². The molecule has 0 radical (unpaired) electrons. The Morgan fingerprint density at radius 1 is 0.182 bits per heavy atom. The molecule has 0 N–H and O–H groups in total. The van der Waals surface area contributed by atoms with Gasteiger partial charge in [0.15, 0.2) is 23.1 Å². The maximum atomic E-state index is 12.7. The van der Waals surface area contributed by atoms with Crippen molar-refractivity contribution in [2.24, 2.45) is 0 Å². The first-order chi connectivity index (χ1) is 62.7. The number of benzene rings is 16. The van der Waals surface area contributed by atoms with Crippen molar-refractivity contribution >= 4 is 209 Å². The smallest absolute Gasteiger partial charge is 0.206 e. The number of rotatable bonds is 16. The SMILES string of the molecule is O=C(c1ccc(Cl)cc1)c1ccc(Cl)cc1.O=C(c1ccc(F)cc1)c1ccc(Br)cc1.O=C(c1ccc(F)cc1)c1ccc(Cl)cc1.O=C(c1ccc(F)cc1)c1ccc(I)cc1.O=S(=O)(c1ccc(Cl)cc1)c1ccc(Cl)cc1.O=S(=O)(c1ccc(F)cc1)c1ccc(Br)cc1.O=S(=O)(c1ccc(F)cc1)c1ccc(Cl)cc1.O=S(=O)(c1ccc(F)cc1)c1ccc(I)cc1. The number of halogens is 16. The minimum Gasteiger partial charge on any atom is -0.289 e. The summed E-state index contributed by atoms with van der Waals surface area (Å²) >= 11 is 45.2. The van der Waals surface area contributed by atoms with Crippen LogP contribution in [0.3, 0.4) is 0 Å². The summed E-state index contributed by atoms with van der Waals surface area (Å²) in [5.74, 6) is -2.78. The molecule has 0 heterocycles. The molecule has 32 heteroatoms. The first-order valence-corrected chi connectivity index (χ1v) is 49.9. The van der Waals surface area contributed by atoms with E-state index >= 15 is 0 Å². The number of sulfone groups is 4. The molecule has 0 unspecified atom stereocenters. The quantitative estimate of drug-likeness (QED) is 0.0383. The Morgan fingerprint density at radius 3 is 0.470 bits per heavy atom. The molecule has 672 valence electrons. The standard InChI is InChI=1S/C13H8BrFO.C13H8Cl2O.C13H8ClFO.C13H8FIO.C12H8BrFO2S.C12H8Cl2O2S.C12H8ClFO2S.C12H8FIO2S/c4*14-11-5-1-9(2-6-11)13(16)10-3-7-12(15)8-4-10;4*13-9-1-5-11(6-2-9)17(15,16)12-7-3-10(14)4-8-12/h4*1-8H;4*1-8H. The summed E-state index contributed by atoms with van der Waals surface area (Å²) < 4.78 is 177. The van der Waals surface area contributed by atoms with E-state index < -0.39 is 56.8 Å². The molecule has 132 heavy (non-hydrogen) atoms. The van der Waals surface area contributed by atoms with E-state index in [-0.39, 0.29) is 79.7 Å². The lowest BCUT2D eigenvalue weighted by atomic mass is 10.0. The summed E-state index contributed by atoms with van der Waals surface area (Å²) in [6.45, 7) is 0. The minimum atomic E-state index is -3.60. The number of hydrogen-bond acceptors (Lipinski definition) is 12. The van der Waals surface area contributed by atoms with E-state index in [0.29, 0.717) is 74.6 Å². The van der Waals surface area contributed by atoms with Crippen molar-refractivity contribution in [1.82, 2.24) is 0 Å². The first-order valence-electron chi connectivity index (χ1n) is 37.9. The Hall–Kier alpha value is -10.3. The van der Waals surface area contributed by atoms with Crippen molar-refractivity contribution in [3.8, 4) is 0 Å². The Labute approximate surface area is 832 Å². The fourth-order valence-electron chi connectivity index (χ4n) is 10.9. The van der Waals surface area contributed by atoms with E-state index in [1.54, 1.807) is 170 Å². The van der Waals surface area contributed by atoms with Gasteiger partial charge in [0.2, 0.25) is 39.3 Å². The zero-order chi connectivity index (χ0) is 96.0. The van der Waals surface area contributed by atoms with Crippen molar-refractivity contribution in [1.29, 1.82) is 0 Å². The third-order valence-electron chi connectivity index (χ3n) is 17.8. The van der Waals surface area contributed by atoms with Gasteiger partial charge < -0.3 is 0 Å². The van der Waals surface area contributed by atoms with E-state index in [9.17, 15) is 79.2 Å². The highest BCUT2D eigenvalue weighted by Gasteiger charge is 2.22. The number of carbonyl (C=O) groups excluding carboxylic acids is 4. The van der Waals surface area contributed by atoms with Crippen LogP contribution in [0.25, 0.3) is 0 Å². The predicted octanol–water partition coefficient (Wildman–Crippen LogP) is 29.2. The van der Waals surface area contributed by atoms with Gasteiger partial charge in [0.1, 0.15) is 34.9 Å². The van der Waals surface area contributed by atoms with E-state index in [1.807, 2.05) is 12.1 Å². The molecule has 0 saturated carbocycles. The van der Waals surface area contributed by atoms with Crippen LogP contribution < -0.4 is 0 Å². The molecule has 12 nitrogen and oxygen atoms in total. The molecule has 16 rings (SSSR count). The summed E-state index contributed by atoms with van der Waals surface area (Å²) in [5, 5.41) is 3.28. The summed E-state index contributed by atoms with van der Waals surface area (Å²) in [7, 11) is -14.2. The van der Waals surface area contributed by atoms with Crippen LogP contribution in [0.4, 0.5) is 26.3 Å². The van der Waals surface area contributed by atoms with Gasteiger partial charge in [-0.3, -0.25) is 19.2 Å². The molecule has 0 fully saturated rings. The van der Waals surface area contributed by atoms with Crippen molar-refractivity contribution < 1.29 is 79.2 Å². The average molecular weight is 2330 g/mol. The van der Waals surface area contributed by atoms with Gasteiger partial charge in [-0.2, -0.15) is 0 Å². The van der Waals surface area contributed by atoms with Crippen molar-refractivity contribution in [3.63, 3.8) is 0 Å². The highest BCUT2D eigenvalue weighted by molar-refractivity contribution is 14.1. The Balaban J connectivity index is 0.000000170. The van der Waals surface area contributed by atoms with E-state index in [0.717, 1.165) is 52.5 Å². The molecular weight excluding hydrogens is 2260 g/mol. The second-order valence-corrected chi connectivity index (χ2v) is 41.8.